The Morgan fingerprint density at radius 2 is 1.85 bits per heavy atom. The van der Waals surface area contributed by atoms with Gasteiger partial charge in [-0.2, -0.15) is 0 Å². The van der Waals surface area contributed by atoms with E-state index in [1.165, 1.54) is 16.2 Å². The van der Waals surface area contributed by atoms with Gasteiger partial charge in [0.25, 0.3) is 5.78 Å². The first-order chi connectivity index (χ1) is 22.3. The monoisotopic (exact) mass is 652 g/mol. The van der Waals surface area contributed by atoms with Crippen LogP contribution in [0, 0.1) is 0 Å². The van der Waals surface area contributed by atoms with Crippen molar-refractivity contribution in [2.45, 2.75) is 39.0 Å². The van der Waals surface area contributed by atoms with Gasteiger partial charge in [0.15, 0.2) is 16.6 Å². The molecule has 2 atom stereocenters. The minimum atomic E-state index is -0.998. The smallest absolute Gasteiger partial charge is 0.301 e. The molecule has 0 aliphatic carbocycles. The molecule has 4 aromatic carbocycles. The number of benzene rings is 4. The van der Waals surface area contributed by atoms with Gasteiger partial charge in [0, 0.05) is 17.0 Å². The van der Waals surface area contributed by atoms with E-state index in [4.69, 9.17) is 30.8 Å². The lowest BCUT2D eigenvalue weighted by atomic mass is 9.94. The zero-order chi connectivity index (χ0) is 31.9. The third-order valence-electron chi connectivity index (χ3n) is 7.98. The summed E-state index contributed by atoms with van der Waals surface area (Å²) < 4.78 is 18.7. The molecule has 0 bridgehead atoms. The topological polar surface area (TPSA) is 98.2 Å². The van der Waals surface area contributed by atoms with Gasteiger partial charge in [-0.25, -0.2) is 4.98 Å². The van der Waals surface area contributed by atoms with Crippen LogP contribution in [-0.4, -0.2) is 34.5 Å². The number of fused-ring (bicyclic) bond motifs is 2. The number of halogens is 1. The molecule has 7 rings (SSSR count). The predicted octanol–water partition coefficient (Wildman–Crippen LogP) is 7.88. The Kier molecular flexibility index (Phi) is 7.88. The van der Waals surface area contributed by atoms with Crippen molar-refractivity contribution in [3.05, 3.63) is 118 Å². The summed E-state index contributed by atoms with van der Waals surface area (Å²) in [6.07, 6.45) is 0.676. The van der Waals surface area contributed by atoms with Crippen molar-refractivity contribution in [3.63, 3.8) is 0 Å². The SMILES string of the molecule is CCOc1cc(C2C(=C(O)c3ccc4c(c3)CC(C)O4)C(=O)C(=O)N2c2nc3ccc(Cl)cc3s2)ccc1OCc1ccccc1. The second-order valence-corrected chi connectivity index (χ2v) is 12.6. The molecule has 5 aromatic rings. The molecule has 1 N–H and O–H groups in total. The van der Waals surface area contributed by atoms with Crippen molar-refractivity contribution in [2.75, 3.05) is 11.5 Å². The van der Waals surface area contributed by atoms with E-state index < -0.39 is 17.7 Å². The van der Waals surface area contributed by atoms with E-state index in [9.17, 15) is 14.7 Å². The minimum absolute atomic E-state index is 0.00475. The fourth-order valence-corrected chi connectivity index (χ4v) is 7.15. The molecule has 0 radical (unpaired) electrons. The number of amides is 1. The van der Waals surface area contributed by atoms with Gasteiger partial charge in [-0.15, -0.1) is 0 Å². The number of carbonyl (C=O) groups is 2. The molecule has 1 aromatic heterocycles. The number of aliphatic hydroxyl groups excluding tert-OH is 1. The molecule has 1 fully saturated rings. The highest BCUT2D eigenvalue weighted by molar-refractivity contribution is 7.22. The normalized spacial score (nSPS) is 18.5. The first kappa shape index (κ1) is 29.8. The maximum absolute atomic E-state index is 13.8. The molecule has 10 heteroatoms. The first-order valence-electron chi connectivity index (χ1n) is 14.9. The van der Waals surface area contributed by atoms with E-state index in [-0.39, 0.29) is 17.4 Å². The Hall–Kier alpha value is -4.86. The molecular formula is C36H29ClN2O6S. The Bertz CT molecular complexity index is 2020. The number of thiazole rings is 1. The third kappa shape index (κ3) is 5.46. The van der Waals surface area contributed by atoms with Crippen LogP contribution in [0.4, 0.5) is 5.13 Å². The number of Topliss-reactive ketones (excluding diaryl/α,β-unsaturated/α-hetero) is 1. The van der Waals surface area contributed by atoms with E-state index >= 15 is 0 Å². The lowest BCUT2D eigenvalue weighted by Crippen LogP contribution is -2.29. The molecule has 46 heavy (non-hydrogen) atoms. The van der Waals surface area contributed by atoms with E-state index in [0.717, 1.165) is 21.6 Å². The standard InChI is InChI=1S/C36H29ClN2O6S/c1-3-43-29-17-22(9-14-28(29)44-19-21-7-5-4-6-8-21)32-31(33(40)23-10-13-27-24(16-23)15-20(2)45-27)34(41)35(42)39(32)36-38-26-12-11-25(37)18-30(26)46-36/h4-14,16-18,20,32,40H,3,15,19H2,1-2H3. The maximum Gasteiger partial charge on any atom is 0.301 e. The van der Waals surface area contributed by atoms with Crippen LogP contribution < -0.4 is 19.1 Å². The van der Waals surface area contributed by atoms with Gasteiger partial charge in [-0.05, 0) is 79.1 Å². The molecule has 1 amide bonds. The molecule has 0 spiro atoms. The Labute approximate surface area is 274 Å². The number of aliphatic hydroxyl groups is 1. The zero-order valence-electron chi connectivity index (χ0n) is 25.0. The number of rotatable bonds is 8. The lowest BCUT2D eigenvalue weighted by Gasteiger charge is -2.24. The summed E-state index contributed by atoms with van der Waals surface area (Å²) in [6, 6.07) is 24.6. The van der Waals surface area contributed by atoms with Crippen molar-refractivity contribution in [1.82, 2.24) is 4.98 Å². The van der Waals surface area contributed by atoms with Gasteiger partial charge >= 0.3 is 5.91 Å². The highest BCUT2D eigenvalue weighted by atomic mass is 35.5. The van der Waals surface area contributed by atoms with Crippen LogP contribution in [0.1, 0.15) is 42.1 Å². The molecule has 3 heterocycles. The van der Waals surface area contributed by atoms with Gasteiger partial charge in [0.2, 0.25) is 0 Å². The summed E-state index contributed by atoms with van der Waals surface area (Å²) in [6.45, 7) is 4.52. The molecule has 0 saturated carbocycles. The van der Waals surface area contributed by atoms with E-state index in [1.807, 2.05) is 50.2 Å². The zero-order valence-corrected chi connectivity index (χ0v) is 26.6. The Morgan fingerprint density at radius 1 is 1.02 bits per heavy atom. The number of ether oxygens (including phenoxy) is 3. The maximum atomic E-state index is 13.8. The highest BCUT2D eigenvalue weighted by Gasteiger charge is 2.48. The number of aromatic nitrogens is 1. The van der Waals surface area contributed by atoms with Gasteiger partial charge in [-0.1, -0.05) is 59.3 Å². The minimum Gasteiger partial charge on any atom is -0.507 e. The van der Waals surface area contributed by atoms with Crippen molar-refractivity contribution in [3.8, 4) is 17.2 Å². The summed E-state index contributed by atoms with van der Waals surface area (Å²) >= 11 is 7.48. The summed E-state index contributed by atoms with van der Waals surface area (Å²) in [5.74, 6) is -0.194. The fraction of sp³-hybridized carbons (Fsp3) is 0.194. The molecule has 232 valence electrons. The Balaban J connectivity index is 1.36. The molecule has 2 unspecified atom stereocenters. The summed E-state index contributed by atoms with van der Waals surface area (Å²) in [5, 5.41) is 12.6. The van der Waals surface area contributed by atoms with Crippen LogP contribution >= 0.6 is 22.9 Å². The molecule has 2 aliphatic heterocycles. The summed E-state index contributed by atoms with van der Waals surface area (Å²) in [5.41, 5.74) is 3.47. The van der Waals surface area contributed by atoms with Crippen LogP contribution in [0.25, 0.3) is 16.0 Å². The van der Waals surface area contributed by atoms with Crippen molar-refractivity contribution in [1.29, 1.82) is 0 Å². The summed E-state index contributed by atoms with van der Waals surface area (Å²) in [7, 11) is 0. The van der Waals surface area contributed by atoms with Gasteiger partial charge in [0.1, 0.15) is 24.2 Å². The average molecular weight is 653 g/mol. The van der Waals surface area contributed by atoms with Gasteiger partial charge < -0.3 is 19.3 Å². The molecule has 1 saturated heterocycles. The highest BCUT2D eigenvalue weighted by Crippen LogP contribution is 2.46. The van der Waals surface area contributed by atoms with Crippen LogP contribution in [-0.2, 0) is 22.6 Å². The van der Waals surface area contributed by atoms with Crippen molar-refractivity contribution >= 4 is 55.7 Å². The van der Waals surface area contributed by atoms with Crippen molar-refractivity contribution < 1.29 is 28.9 Å². The lowest BCUT2D eigenvalue weighted by molar-refractivity contribution is -0.132. The number of carbonyl (C=O) groups excluding carboxylic acids is 2. The Morgan fingerprint density at radius 3 is 2.65 bits per heavy atom. The number of hydrogen-bond donors (Lipinski definition) is 1. The predicted molar refractivity (Wildman–Crippen MR) is 178 cm³/mol. The van der Waals surface area contributed by atoms with Crippen LogP contribution in [0.3, 0.4) is 0 Å². The van der Waals surface area contributed by atoms with Crippen LogP contribution in [0.2, 0.25) is 5.02 Å². The van der Waals surface area contributed by atoms with E-state index in [0.29, 0.717) is 57.9 Å². The number of nitrogens with zero attached hydrogens (tertiary/aromatic N) is 2. The average Bonchev–Trinajstić information content (AvgIpc) is 3.72. The van der Waals surface area contributed by atoms with Crippen molar-refractivity contribution in [2.24, 2.45) is 0 Å². The number of ketones is 1. The third-order valence-corrected chi connectivity index (χ3v) is 9.23. The van der Waals surface area contributed by atoms with Gasteiger partial charge in [0.05, 0.1) is 28.4 Å². The van der Waals surface area contributed by atoms with Gasteiger partial charge in [-0.3, -0.25) is 14.5 Å². The second kappa shape index (κ2) is 12.2. The number of hydrogen-bond acceptors (Lipinski definition) is 8. The van der Waals surface area contributed by atoms with E-state index in [2.05, 4.69) is 0 Å². The summed E-state index contributed by atoms with van der Waals surface area (Å²) in [4.78, 5) is 33.7. The first-order valence-corrected chi connectivity index (χ1v) is 16.1. The molecule has 2 aliphatic rings. The second-order valence-electron chi connectivity index (χ2n) is 11.1. The fourth-order valence-electron chi connectivity index (χ4n) is 5.88. The quantitative estimate of drug-likeness (QED) is 0.103. The molecular weight excluding hydrogens is 624 g/mol. The largest absolute Gasteiger partial charge is 0.507 e. The van der Waals surface area contributed by atoms with E-state index in [1.54, 1.807) is 48.5 Å². The number of anilines is 1. The molecule has 8 nitrogen and oxygen atoms in total. The van der Waals surface area contributed by atoms with Crippen LogP contribution in [0.15, 0.2) is 90.5 Å². The van der Waals surface area contributed by atoms with Crippen LogP contribution in [0.5, 0.6) is 17.2 Å².